The lowest BCUT2D eigenvalue weighted by Crippen LogP contribution is -2.44. The number of rotatable bonds is 5. The third-order valence-corrected chi connectivity index (χ3v) is 4.10. The molecule has 5 heteroatoms. The van der Waals surface area contributed by atoms with Gasteiger partial charge in [-0.25, -0.2) is 0 Å². The van der Waals surface area contributed by atoms with Crippen molar-refractivity contribution in [1.29, 1.82) is 5.26 Å². The van der Waals surface area contributed by atoms with Gasteiger partial charge in [-0.2, -0.15) is 5.26 Å². The van der Waals surface area contributed by atoms with Crippen molar-refractivity contribution in [1.82, 2.24) is 5.32 Å². The molecule has 0 heterocycles. The molecule has 0 bridgehead atoms. The molecule has 0 radical (unpaired) electrons. The van der Waals surface area contributed by atoms with Crippen molar-refractivity contribution in [2.75, 3.05) is 7.11 Å². The van der Waals surface area contributed by atoms with Gasteiger partial charge >= 0.3 is 0 Å². The Hall–Kier alpha value is -2.06. The Labute approximate surface area is 125 Å². The van der Waals surface area contributed by atoms with Crippen molar-refractivity contribution in [3.63, 3.8) is 0 Å². The number of carbonyl (C=O) groups excluding carboxylic acids is 1. The van der Waals surface area contributed by atoms with Gasteiger partial charge in [-0.15, -0.1) is 0 Å². The highest BCUT2D eigenvalue weighted by molar-refractivity contribution is 5.77. The van der Waals surface area contributed by atoms with E-state index in [2.05, 4.69) is 11.4 Å². The van der Waals surface area contributed by atoms with Crippen LogP contribution in [-0.2, 0) is 11.3 Å². The Bertz CT molecular complexity index is 551. The SMILES string of the molecule is COc1ccc(C#N)cc1CN[C@H]1CCCC[C@@H]1C(N)=O. The van der Waals surface area contributed by atoms with E-state index in [1.807, 2.05) is 6.07 Å². The third-order valence-electron chi connectivity index (χ3n) is 4.10. The molecule has 5 nitrogen and oxygen atoms in total. The first-order valence-electron chi connectivity index (χ1n) is 7.25. The molecule has 2 rings (SSSR count). The Morgan fingerprint density at radius 1 is 1.48 bits per heavy atom. The lowest BCUT2D eigenvalue weighted by molar-refractivity contribution is -0.123. The molecule has 0 aliphatic heterocycles. The van der Waals surface area contributed by atoms with Crippen LogP contribution in [0.3, 0.4) is 0 Å². The molecule has 2 atom stereocenters. The second-order valence-corrected chi connectivity index (χ2v) is 5.42. The molecule has 3 N–H and O–H groups in total. The second kappa shape index (κ2) is 7.09. The number of carbonyl (C=O) groups is 1. The molecule has 0 spiro atoms. The molecule has 1 amide bonds. The van der Waals surface area contributed by atoms with E-state index in [0.29, 0.717) is 12.1 Å². The van der Waals surface area contributed by atoms with Crippen LogP contribution in [0.1, 0.15) is 36.8 Å². The van der Waals surface area contributed by atoms with Crippen LogP contribution in [-0.4, -0.2) is 19.1 Å². The van der Waals surface area contributed by atoms with E-state index in [-0.39, 0.29) is 17.9 Å². The number of benzene rings is 1. The van der Waals surface area contributed by atoms with Gasteiger partial charge in [0.2, 0.25) is 5.91 Å². The summed E-state index contributed by atoms with van der Waals surface area (Å²) in [6.07, 6.45) is 3.96. The van der Waals surface area contributed by atoms with Crippen LogP contribution >= 0.6 is 0 Å². The summed E-state index contributed by atoms with van der Waals surface area (Å²) in [6, 6.07) is 7.57. The number of ether oxygens (including phenoxy) is 1. The number of nitrogens with zero attached hydrogens (tertiary/aromatic N) is 1. The first kappa shape index (κ1) is 15.3. The summed E-state index contributed by atoms with van der Waals surface area (Å²) in [7, 11) is 1.61. The van der Waals surface area contributed by atoms with E-state index in [9.17, 15) is 4.79 Å². The summed E-state index contributed by atoms with van der Waals surface area (Å²) in [6.45, 7) is 0.563. The van der Waals surface area contributed by atoms with Gasteiger partial charge in [0, 0.05) is 18.2 Å². The normalized spacial score (nSPS) is 21.5. The highest BCUT2D eigenvalue weighted by Crippen LogP contribution is 2.26. The number of nitrogens with one attached hydrogen (secondary N) is 1. The van der Waals surface area contributed by atoms with E-state index in [1.54, 1.807) is 19.2 Å². The first-order chi connectivity index (χ1) is 10.2. The topological polar surface area (TPSA) is 88.1 Å². The van der Waals surface area contributed by atoms with E-state index < -0.39 is 0 Å². The molecule has 0 aromatic heterocycles. The van der Waals surface area contributed by atoms with E-state index in [1.165, 1.54) is 0 Å². The van der Waals surface area contributed by atoms with Crippen LogP contribution in [0.25, 0.3) is 0 Å². The van der Waals surface area contributed by atoms with Crippen molar-refractivity contribution in [2.45, 2.75) is 38.3 Å². The van der Waals surface area contributed by atoms with Gasteiger partial charge in [-0.3, -0.25) is 4.79 Å². The van der Waals surface area contributed by atoms with Crippen molar-refractivity contribution in [2.24, 2.45) is 11.7 Å². The quantitative estimate of drug-likeness (QED) is 0.862. The lowest BCUT2D eigenvalue weighted by Gasteiger charge is -2.30. The van der Waals surface area contributed by atoms with Gasteiger partial charge in [0.05, 0.1) is 24.7 Å². The molecular formula is C16H21N3O2. The smallest absolute Gasteiger partial charge is 0.222 e. The number of nitrogens with two attached hydrogens (primary N) is 1. The van der Waals surface area contributed by atoms with Gasteiger partial charge in [-0.05, 0) is 31.0 Å². The van der Waals surface area contributed by atoms with E-state index in [4.69, 9.17) is 15.7 Å². The summed E-state index contributed by atoms with van der Waals surface area (Å²) < 4.78 is 5.32. The van der Waals surface area contributed by atoms with Gasteiger partial charge < -0.3 is 15.8 Å². The number of amides is 1. The summed E-state index contributed by atoms with van der Waals surface area (Å²) in [4.78, 5) is 11.5. The largest absolute Gasteiger partial charge is 0.496 e. The molecule has 1 aromatic carbocycles. The molecular weight excluding hydrogens is 266 g/mol. The van der Waals surface area contributed by atoms with Crippen LogP contribution in [0.15, 0.2) is 18.2 Å². The minimum absolute atomic E-state index is 0.103. The lowest BCUT2D eigenvalue weighted by atomic mass is 9.84. The number of hydrogen-bond donors (Lipinski definition) is 2. The predicted octanol–water partition coefficient (Wildman–Crippen LogP) is 1.70. The number of methoxy groups -OCH3 is 1. The standard InChI is InChI=1S/C16H21N3O2/c1-21-15-7-6-11(9-17)8-12(15)10-19-14-5-3-2-4-13(14)16(18)20/h6-8,13-14,19H,2-5,10H2,1H3,(H2,18,20)/t13-,14-/m0/s1. The average molecular weight is 287 g/mol. The molecule has 0 unspecified atom stereocenters. The zero-order chi connectivity index (χ0) is 15.2. The highest BCUT2D eigenvalue weighted by atomic mass is 16.5. The first-order valence-corrected chi connectivity index (χ1v) is 7.25. The number of hydrogen-bond acceptors (Lipinski definition) is 4. The summed E-state index contributed by atoms with van der Waals surface area (Å²) in [5.74, 6) is 0.404. The second-order valence-electron chi connectivity index (χ2n) is 5.42. The van der Waals surface area contributed by atoms with Crippen LogP contribution in [0, 0.1) is 17.2 Å². The molecule has 1 aliphatic rings. The van der Waals surface area contributed by atoms with Crippen molar-refractivity contribution in [3.05, 3.63) is 29.3 Å². The Morgan fingerprint density at radius 2 is 2.24 bits per heavy atom. The molecule has 21 heavy (non-hydrogen) atoms. The zero-order valence-electron chi connectivity index (χ0n) is 12.3. The van der Waals surface area contributed by atoms with Crippen molar-refractivity contribution in [3.8, 4) is 11.8 Å². The summed E-state index contributed by atoms with van der Waals surface area (Å²) >= 11 is 0. The van der Waals surface area contributed by atoms with Crippen LogP contribution < -0.4 is 15.8 Å². The molecule has 1 aliphatic carbocycles. The Morgan fingerprint density at radius 3 is 2.90 bits per heavy atom. The van der Waals surface area contributed by atoms with E-state index in [0.717, 1.165) is 37.0 Å². The third kappa shape index (κ3) is 3.73. The van der Waals surface area contributed by atoms with Gasteiger partial charge in [0.25, 0.3) is 0 Å². The zero-order valence-corrected chi connectivity index (χ0v) is 12.3. The maximum atomic E-state index is 11.5. The minimum atomic E-state index is -0.232. The number of nitriles is 1. The molecule has 1 saturated carbocycles. The molecule has 0 saturated heterocycles. The molecule has 112 valence electrons. The average Bonchev–Trinajstić information content (AvgIpc) is 2.52. The molecule has 1 aromatic rings. The fourth-order valence-corrected chi connectivity index (χ4v) is 2.94. The predicted molar refractivity (Wildman–Crippen MR) is 79.5 cm³/mol. The van der Waals surface area contributed by atoms with Crippen LogP contribution in [0.2, 0.25) is 0 Å². The fraction of sp³-hybridized carbons (Fsp3) is 0.500. The summed E-state index contributed by atoms with van der Waals surface area (Å²) in [5.41, 5.74) is 7.00. The summed E-state index contributed by atoms with van der Waals surface area (Å²) in [5, 5.41) is 12.4. The monoisotopic (exact) mass is 287 g/mol. The maximum Gasteiger partial charge on any atom is 0.222 e. The van der Waals surface area contributed by atoms with Crippen LogP contribution in [0.4, 0.5) is 0 Å². The van der Waals surface area contributed by atoms with Crippen molar-refractivity contribution >= 4 is 5.91 Å². The van der Waals surface area contributed by atoms with Crippen molar-refractivity contribution < 1.29 is 9.53 Å². The van der Waals surface area contributed by atoms with Gasteiger partial charge in [-0.1, -0.05) is 12.8 Å². The Kier molecular flexibility index (Phi) is 5.18. The minimum Gasteiger partial charge on any atom is -0.496 e. The fourth-order valence-electron chi connectivity index (χ4n) is 2.94. The molecule has 1 fully saturated rings. The van der Waals surface area contributed by atoms with Crippen LogP contribution in [0.5, 0.6) is 5.75 Å². The Balaban J connectivity index is 2.08. The van der Waals surface area contributed by atoms with Gasteiger partial charge in [0.1, 0.15) is 5.75 Å². The van der Waals surface area contributed by atoms with Gasteiger partial charge in [0.15, 0.2) is 0 Å². The number of primary amides is 1. The van der Waals surface area contributed by atoms with E-state index >= 15 is 0 Å². The highest BCUT2D eigenvalue weighted by Gasteiger charge is 2.28. The maximum absolute atomic E-state index is 11.5.